The zero-order chi connectivity index (χ0) is 20.1. The molecule has 0 saturated carbocycles. The van der Waals surface area contributed by atoms with E-state index in [9.17, 15) is 9.90 Å². The van der Waals surface area contributed by atoms with Crippen molar-refractivity contribution in [2.24, 2.45) is 0 Å². The zero-order valence-corrected chi connectivity index (χ0v) is 18.0. The number of hydrogen-bond acceptors (Lipinski definition) is 5. The molecule has 1 aliphatic heterocycles. The Bertz CT molecular complexity index is 826. The van der Waals surface area contributed by atoms with Gasteiger partial charge in [0.15, 0.2) is 0 Å². The number of thiazole rings is 1. The van der Waals surface area contributed by atoms with E-state index >= 15 is 0 Å². The van der Waals surface area contributed by atoms with Gasteiger partial charge in [-0.1, -0.05) is 30.7 Å². The lowest BCUT2D eigenvalue weighted by atomic mass is 9.96. The normalized spacial score (nSPS) is 20.1. The molecule has 1 unspecified atom stereocenters. The van der Waals surface area contributed by atoms with Gasteiger partial charge in [-0.3, -0.25) is 4.79 Å². The van der Waals surface area contributed by atoms with Gasteiger partial charge in [0.1, 0.15) is 16.4 Å². The average molecular weight is 423 g/mol. The van der Waals surface area contributed by atoms with Gasteiger partial charge in [0.25, 0.3) is 0 Å². The first-order chi connectivity index (χ1) is 13.4. The van der Waals surface area contributed by atoms with Crippen molar-refractivity contribution >= 4 is 28.8 Å². The van der Waals surface area contributed by atoms with Gasteiger partial charge in [0.2, 0.25) is 5.91 Å². The summed E-state index contributed by atoms with van der Waals surface area (Å²) in [6.07, 6.45) is 3.16. The van der Waals surface area contributed by atoms with Crippen molar-refractivity contribution in [1.29, 1.82) is 0 Å². The first kappa shape index (κ1) is 21.1. The van der Waals surface area contributed by atoms with E-state index in [1.165, 1.54) is 0 Å². The summed E-state index contributed by atoms with van der Waals surface area (Å²) in [6.45, 7) is 5.63. The summed E-state index contributed by atoms with van der Waals surface area (Å²) in [7, 11) is 0. The van der Waals surface area contributed by atoms with E-state index in [0.29, 0.717) is 56.2 Å². The number of nitrogens with zero attached hydrogens (tertiary/aromatic N) is 2. The fourth-order valence-corrected chi connectivity index (χ4v) is 4.86. The Morgan fingerprint density at radius 1 is 1.36 bits per heavy atom. The molecular formula is C21H27ClN2O3S. The number of aliphatic hydroxyl groups is 1. The van der Waals surface area contributed by atoms with E-state index in [1.807, 2.05) is 36.9 Å². The molecule has 28 heavy (non-hydrogen) atoms. The SMILES string of the molecule is CCC(=O)N1CCCC(O)(c2nc(C)c(CCOc3ccccc3Cl)s2)CC1. The maximum atomic E-state index is 12.0. The first-order valence-electron chi connectivity index (χ1n) is 9.77. The molecule has 1 amide bonds. The summed E-state index contributed by atoms with van der Waals surface area (Å²) in [5.74, 6) is 0.826. The third-order valence-corrected chi connectivity index (χ3v) is 6.91. The highest BCUT2D eigenvalue weighted by Gasteiger charge is 2.36. The van der Waals surface area contributed by atoms with Crippen LogP contribution in [0.15, 0.2) is 24.3 Å². The molecule has 3 rings (SSSR count). The van der Waals surface area contributed by atoms with Crippen LogP contribution in [-0.4, -0.2) is 40.6 Å². The van der Waals surface area contributed by atoms with Crippen LogP contribution in [-0.2, 0) is 16.8 Å². The van der Waals surface area contributed by atoms with E-state index in [2.05, 4.69) is 4.98 Å². The molecule has 152 valence electrons. The number of carbonyl (C=O) groups excluding carboxylic acids is 1. The van der Waals surface area contributed by atoms with Crippen molar-refractivity contribution in [2.45, 2.75) is 51.6 Å². The molecular weight excluding hydrogens is 396 g/mol. The summed E-state index contributed by atoms with van der Waals surface area (Å²) < 4.78 is 5.79. The number of rotatable bonds is 6. The van der Waals surface area contributed by atoms with E-state index < -0.39 is 5.60 Å². The highest BCUT2D eigenvalue weighted by Crippen LogP contribution is 2.37. The molecule has 1 aromatic heterocycles. The van der Waals surface area contributed by atoms with Gasteiger partial charge >= 0.3 is 0 Å². The van der Waals surface area contributed by atoms with Crippen LogP contribution in [0.2, 0.25) is 5.02 Å². The van der Waals surface area contributed by atoms with Crippen LogP contribution in [0.1, 0.15) is 48.2 Å². The van der Waals surface area contributed by atoms with Crippen molar-refractivity contribution in [3.63, 3.8) is 0 Å². The predicted molar refractivity (Wildman–Crippen MR) is 112 cm³/mol. The average Bonchev–Trinajstić information content (AvgIpc) is 2.94. The number of ether oxygens (including phenoxy) is 1. The highest BCUT2D eigenvalue weighted by atomic mass is 35.5. The second kappa shape index (κ2) is 9.25. The number of aromatic nitrogens is 1. The molecule has 2 aromatic rings. The lowest BCUT2D eigenvalue weighted by Gasteiger charge is -2.24. The summed E-state index contributed by atoms with van der Waals surface area (Å²) in [4.78, 5) is 19.6. The third-order valence-electron chi connectivity index (χ3n) is 5.18. The zero-order valence-electron chi connectivity index (χ0n) is 16.4. The van der Waals surface area contributed by atoms with E-state index in [4.69, 9.17) is 16.3 Å². The Hall–Kier alpha value is -1.63. The van der Waals surface area contributed by atoms with Gasteiger partial charge < -0.3 is 14.7 Å². The van der Waals surface area contributed by atoms with E-state index in [1.54, 1.807) is 17.4 Å². The van der Waals surface area contributed by atoms with Crippen molar-refractivity contribution in [2.75, 3.05) is 19.7 Å². The van der Waals surface area contributed by atoms with Gasteiger partial charge in [-0.15, -0.1) is 11.3 Å². The smallest absolute Gasteiger partial charge is 0.222 e. The number of benzene rings is 1. The summed E-state index contributed by atoms with van der Waals surface area (Å²) in [5.41, 5.74) is -0.0260. The Kier molecular flexibility index (Phi) is 6.96. The molecule has 7 heteroatoms. The van der Waals surface area contributed by atoms with Gasteiger partial charge in [0.05, 0.1) is 17.3 Å². The quantitative estimate of drug-likeness (QED) is 0.752. The summed E-state index contributed by atoms with van der Waals surface area (Å²) in [6, 6.07) is 7.43. The maximum absolute atomic E-state index is 12.0. The monoisotopic (exact) mass is 422 g/mol. The van der Waals surface area contributed by atoms with Crippen molar-refractivity contribution in [3.8, 4) is 5.75 Å². The minimum absolute atomic E-state index is 0.150. The Balaban J connectivity index is 1.64. The third kappa shape index (κ3) is 4.85. The topological polar surface area (TPSA) is 62.7 Å². The molecule has 1 fully saturated rings. The van der Waals surface area contributed by atoms with Crippen molar-refractivity contribution in [1.82, 2.24) is 9.88 Å². The minimum atomic E-state index is -0.958. The molecule has 1 atom stereocenters. The summed E-state index contributed by atoms with van der Waals surface area (Å²) in [5, 5.41) is 12.6. The van der Waals surface area contributed by atoms with Gasteiger partial charge in [0, 0.05) is 37.2 Å². The molecule has 0 spiro atoms. The Labute approximate surface area is 175 Å². The Morgan fingerprint density at radius 2 is 2.14 bits per heavy atom. The van der Waals surface area contributed by atoms with Crippen molar-refractivity contribution < 1.29 is 14.6 Å². The first-order valence-corrected chi connectivity index (χ1v) is 11.0. The van der Waals surface area contributed by atoms with Crippen LogP contribution in [0.25, 0.3) is 0 Å². The summed E-state index contributed by atoms with van der Waals surface area (Å²) >= 11 is 7.68. The maximum Gasteiger partial charge on any atom is 0.222 e. The fraction of sp³-hybridized carbons (Fsp3) is 0.524. The lowest BCUT2D eigenvalue weighted by molar-refractivity contribution is -0.131. The molecule has 1 N–H and O–H groups in total. The van der Waals surface area contributed by atoms with Crippen molar-refractivity contribution in [3.05, 3.63) is 44.9 Å². The van der Waals surface area contributed by atoms with Crippen LogP contribution >= 0.6 is 22.9 Å². The van der Waals surface area contributed by atoms with Crippen LogP contribution in [0.5, 0.6) is 5.75 Å². The van der Waals surface area contributed by atoms with E-state index in [0.717, 1.165) is 22.0 Å². The van der Waals surface area contributed by atoms with Crippen LogP contribution in [0, 0.1) is 6.92 Å². The second-order valence-electron chi connectivity index (χ2n) is 7.18. The molecule has 1 aromatic carbocycles. The largest absolute Gasteiger partial charge is 0.492 e. The van der Waals surface area contributed by atoms with Gasteiger partial charge in [-0.05, 0) is 31.9 Å². The number of hydrogen-bond donors (Lipinski definition) is 1. The molecule has 0 bridgehead atoms. The van der Waals surface area contributed by atoms with Gasteiger partial charge in [-0.25, -0.2) is 4.98 Å². The predicted octanol–water partition coefficient (Wildman–Crippen LogP) is 4.34. The van der Waals surface area contributed by atoms with Crippen LogP contribution < -0.4 is 4.74 Å². The number of amides is 1. The fourth-order valence-electron chi connectivity index (χ4n) is 3.48. The minimum Gasteiger partial charge on any atom is -0.492 e. The van der Waals surface area contributed by atoms with Gasteiger partial charge in [-0.2, -0.15) is 0 Å². The molecule has 0 radical (unpaired) electrons. The Morgan fingerprint density at radius 3 is 2.89 bits per heavy atom. The number of aryl methyl sites for hydroxylation is 1. The lowest BCUT2D eigenvalue weighted by Crippen LogP contribution is -2.33. The standard InChI is InChI=1S/C21H27ClN2O3S/c1-3-19(25)24-12-6-10-21(26,11-13-24)20-23-15(2)18(28-20)9-14-27-17-8-5-4-7-16(17)22/h4-5,7-8,26H,3,6,9-14H2,1-2H3. The number of para-hydroxylation sites is 1. The van der Waals surface area contributed by atoms with Crippen LogP contribution in [0.3, 0.4) is 0 Å². The molecule has 2 heterocycles. The van der Waals surface area contributed by atoms with Crippen LogP contribution in [0.4, 0.5) is 0 Å². The van der Waals surface area contributed by atoms with E-state index in [-0.39, 0.29) is 5.91 Å². The number of likely N-dealkylation sites (tertiary alicyclic amines) is 1. The highest BCUT2D eigenvalue weighted by molar-refractivity contribution is 7.11. The number of carbonyl (C=O) groups is 1. The molecule has 1 aliphatic rings. The second-order valence-corrected chi connectivity index (χ2v) is 8.67. The molecule has 5 nitrogen and oxygen atoms in total. The number of halogens is 1. The molecule has 1 saturated heterocycles. The molecule has 0 aliphatic carbocycles.